The molecule has 0 atom stereocenters. The lowest BCUT2D eigenvalue weighted by Gasteiger charge is -2.02. The van der Waals surface area contributed by atoms with Gasteiger partial charge in [-0.25, -0.2) is 0 Å². The molecule has 0 aliphatic rings. The molecular formula is C16H16O3. The average Bonchev–Trinajstić information content (AvgIpc) is 2.75. The van der Waals surface area contributed by atoms with Gasteiger partial charge < -0.3 is 9.15 Å². The van der Waals surface area contributed by atoms with E-state index in [1.54, 1.807) is 26.2 Å². The fourth-order valence-corrected chi connectivity index (χ4v) is 1.93. The van der Waals surface area contributed by atoms with Gasteiger partial charge in [0.25, 0.3) is 0 Å². The van der Waals surface area contributed by atoms with Gasteiger partial charge in [0, 0.05) is 5.56 Å². The van der Waals surface area contributed by atoms with Crippen molar-refractivity contribution in [2.45, 2.75) is 13.8 Å². The Balaban J connectivity index is 2.23. The molecule has 1 aromatic heterocycles. The van der Waals surface area contributed by atoms with Crippen molar-refractivity contribution in [2.75, 3.05) is 7.11 Å². The molecular weight excluding hydrogens is 240 g/mol. The van der Waals surface area contributed by atoms with Crippen molar-refractivity contribution in [3.63, 3.8) is 0 Å². The van der Waals surface area contributed by atoms with Gasteiger partial charge in [0.15, 0.2) is 5.78 Å². The second-order valence-electron chi connectivity index (χ2n) is 4.27. The molecule has 2 aromatic rings. The first-order valence-corrected chi connectivity index (χ1v) is 6.04. The molecule has 1 aromatic carbocycles. The van der Waals surface area contributed by atoms with E-state index in [0.717, 1.165) is 17.1 Å². The average molecular weight is 256 g/mol. The largest absolute Gasteiger partial charge is 0.496 e. The fourth-order valence-electron chi connectivity index (χ4n) is 1.93. The SMILES string of the molecule is COc1ccccc1/C=C/C(=O)c1cc(C)oc1C. The van der Waals surface area contributed by atoms with E-state index in [2.05, 4.69) is 0 Å². The van der Waals surface area contributed by atoms with Crippen molar-refractivity contribution in [1.29, 1.82) is 0 Å². The zero-order valence-corrected chi connectivity index (χ0v) is 11.3. The summed E-state index contributed by atoms with van der Waals surface area (Å²) in [6, 6.07) is 9.30. The first-order chi connectivity index (χ1) is 9.11. The molecule has 0 fully saturated rings. The number of furan rings is 1. The van der Waals surface area contributed by atoms with Gasteiger partial charge in [-0.2, -0.15) is 0 Å². The number of ether oxygens (including phenoxy) is 1. The van der Waals surface area contributed by atoms with Crippen LogP contribution in [0.2, 0.25) is 0 Å². The van der Waals surface area contributed by atoms with Crippen LogP contribution in [0, 0.1) is 13.8 Å². The lowest BCUT2D eigenvalue weighted by Crippen LogP contribution is -1.94. The van der Waals surface area contributed by atoms with Crippen LogP contribution in [0.4, 0.5) is 0 Å². The van der Waals surface area contributed by atoms with Crippen molar-refractivity contribution < 1.29 is 13.9 Å². The standard InChI is InChI=1S/C16H16O3/c1-11-10-14(12(2)19-11)15(17)9-8-13-6-4-5-7-16(13)18-3/h4-10H,1-3H3/b9-8+. The van der Waals surface area contributed by atoms with Gasteiger partial charge >= 0.3 is 0 Å². The van der Waals surface area contributed by atoms with E-state index in [1.807, 2.05) is 31.2 Å². The molecule has 3 heteroatoms. The van der Waals surface area contributed by atoms with Crippen LogP contribution in [0.3, 0.4) is 0 Å². The molecule has 0 saturated carbocycles. The minimum absolute atomic E-state index is 0.0692. The van der Waals surface area contributed by atoms with Gasteiger partial charge in [0.05, 0.1) is 12.7 Å². The van der Waals surface area contributed by atoms with E-state index in [4.69, 9.17) is 9.15 Å². The maximum Gasteiger partial charge on any atom is 0.189 e. The second kappa shape index (κ2) is 5.57. The Hall–Kier alpha value is -2.29. The summed E-state index contributed by atoms with van der Waals surface area (Å²) in [5.74, 6) is 2.06. The first kappa shape index (κ1) is 13.1. The lowest BCUT2D eigenvalue weighted by molar-refractivity contribution is 0.104. The summed E-state index contributed by atoms with van der Waals surface area (Å²) in [6.45, 7) is 3.62. The van der Waals surface area contributed by atoms with E-state index in [-0.39, 0.29) is 5.78 Å². The highest BCUT2D eigenvalue weighted by atomic mass is 16.5. The number of para-hydroxylation sites is 1. The van der Waals surface area contributed by atoms with Crippen LogP contribution >= 0.6 is 0 Å². The Morgan fingerprint density at radius 3 is 2.63 bits per heavy atom. The summed E-state index contributed by atoms with van der Waals surface area (Å²) in [6.07, 6.45) is 3.29. The van der Waals surface area contributed by atoms with Crippen molar-refractivity contribution in [2.24, 2.45) is 0 Å². The molecule has 98 valence electrons. The fraction of sp³-hybridized carbons (Fsp3) is 0.188. The zero-order chi connectivity index (χ0) is 13.8. The number of hydrogen-bond acceptors (Lipinski definition) is 3. The van der Waals surface area contributed by atoms with Gasteiger partial charge in [-0.3, -0.25) is 4.79 Å². The lowest BCUT2D eigenvalue weighted by atomic mass is 10.1. The maximum absolute atomic E-state index is 12.1. The third-order valence-corrected chi connectivity index (χ3v) is 2.86. The molecule has 0 N–H and O–H groups in total. The Kier molecular flexibility index (Phi) is 3.85. The van der Waals surface area contributed by atoms with Crippen LogP contribution in [-0.2, 0) is 0 Å². The molecule has 0 saturated heterocycles. The summed E-state index contributed by atoms with van der Waals surface area (Å²) in [7, 11) is 1.61. The molecule has 0 aliphatic carbocycles. The maximum atomic E-state index is 12.1. The highest BCUT2D eigenvalue weighted by Gasteiger charge is 2.10. The van der Waals surface area contributed by atoms with Crippen molar-refractivity contribution in [3.8, 4) is 5.75 Å². The Bertz CT molecular complexity index is 621. The number of aryl methyl sites for hydroxylation is 2. The molecule has 0 radical (unpaired) electrons. The number of carbonyl (C=O) groups excluding carboxylic acids is 1. The van der Waals surface area contributed by atoms with E-state index in [0.29, 0.717) is 11.3 Å². The smallest absolute Gasteiger partial charge is 0.189 e. The third kappa shape index (κ3) is 2.94. The van der Waals surface area contributed by atoms with E-state index < -0.39 is 0 Å². The number of allylic oxidation sites excluding steroid dienone is 1. The molecule has 3 nitrogen and oxygen atoms in total. The second-order valence-corrected chi connectivity index (χ2v) is 4.27. The quantitative estimate of drug-likeness (QED) is 0.617. The highest BCUT2D eigenvalue weighted by molar-refractivity contribution is 6.07. The topological polar surface area (TPSA) is 39.4 Å². The van der Waals surface area contributed by atoms with Gasteiger partial charge in [-0.1, -0.05) is 18.2 Å². The van der Waals surface area contributed by atoms with Crippen LogP contribution in [0.5, 0.6) is 5.75 Å². The Morgan fingerprint density at radius 1 is 1.26 bits per heavy atom. The predicted molar refractivity (Wildman–Crippen MR) is 74.5 cm³/mol. The van der Waals surface area contributed by atoms with E-state index in [1.165, 1.54) is 6.08 Å². The zero-order valence-electron chi connectivity index (χ0n) is 11.3. The summed E-state index contributed by atoms with van der Waals surface area (Å²) >= 11 is 0. The molecule has 0 amide bonds. The number of ketones is 1. The number of rotatable bonds is 4. The minimum Gasteiger partial charge on any atom is -0.496 e. The molecule has 1 heterocycles. The number of hydrogen-bond donors (Lipinski definition) is 0. The summed E-state index contributed by atoms with van der Waals surface area (Å²) < 4.78 is 10.6. The van der Waals surface area contributed by atoms with E-state index >= 15 is 0 Å². The number of carbonyl (C=O) groups is 1. The monoisotopic (exact) mass is 256 g/mol. The molecule has 19 heavy (non-hydrogen) atoms. The Morgan fingerprint density at radius 2 is 2.00 bits per heavy atom. The summed E-state index contributed by atoms with van der Waals surface area (Å²) in [4.78, 5) is 12.1. The number of methoxy groups -OCH3 is 1. The van der Waals surface area contributed by atoms with E-state index in [9.17, 15) is 4.79 Å². The van der Waals surface area contributed by atoms with Crippen LogP contribution in [0.25, 0.3) is 6.08 Å². The summed E-state index contributed by atoms with van der Waals surface area (Å²) in [5.41, 5.74) is 1.47. The van der Waals surface area contributed by atoms with Gasteiger partial charge in [-0.15, -0.1) is 0 Å². The van der Waals surface area contributed by atoms with Gasteiger partial charge in [0.1, 0.15) is 17.3 Å². The molecule has 0 spiro atoms. The minimum atomic E-state index is -0.0692. The summed E-state index contributed by atoms with van der Waals surface area (Å²) in [5, 5.41) is 0. The molecule has 0 bridgehead atoms. The molecule has 2 rings (SSSR count). The third-order valence-electron chi connectivity index (χ3n) is 2.86. The first-order valence-electron chi connectivity index (χ1n) is 6.04. The Labute approximate surface area is 112 Å². The van der Waals surface area contributed by atoms with Crippen LogP contribution in [0.15, 0.2) is 40.8 Å². The normalized spacial score (nSPS) is 10.9. The molecule has 0 unspecified atom stereocenters. The van der Waals surface area contributed by atoms with Crippen LogP contribution < -0.4 is 4.74 Å². The van der Waals surface area contributed by atoms with Crippen LogP contribution in [0.1, 0.15) is 27.4 Å². The van der Waals surface area contributed by atoms with Gasteiger partial charge in [0.2, 0.25) is 0 Å². The highest BCUT2D eigenvalue weighted by Crippen LogP contribution is 2.20. The van der Waals surface area contributed by atoms with Gasteiger partial charge in [-0.05, 0) is 38.1 Å². The van der Waals surface area contributed by atoms with Crippen molar-refractivity contribution >= 4 is 11.9 Å². The predicted octanol–water partition coefficient (Wildman–Crippen LogP) is 3.80. The number of benzene rings is 1. The molecule has 0 aliphatic heterocycles. The van der Waals surface area contributed by atoms with Crippen molar-refractivity contribution in [1.82, 2.24) is 0 Å². The van der Waals surface area contributed by atoms with Crippen molar-refractivity contribution in [3.05, 3.63) is 59.1 Å². The van der Waals surface area contributed by atoms with Crippen LogP contribution in [-0.4, -0.2) is 12.9 Å².